The number of rotatable bonds is 4. The predicted molar refractivity (Wildman–Crippen MR) is 74.2 cm³/mol. The molecule has 0 amide bonds. The van der Waals surface area contributed by atoms with Crippen LogP contribution in [0.3, 0.4) is 0 Å². The molecule has 0 saturated heterocycles. The molecule has 2 heterocycles. The summed E-state index contributed by atoms with van der Waals surface area (Å²) in [4.78, 5) is 12.3. The van der Waals surface area contributed by atoms with E-state index < -0.39 is 0 Å². The normalized spacial score (nSPS) is 17.0. The molecule has 1 aliphatic heterocycles. The summed E-state index contributed by atoms with van der Waals surface area (Å²) < 4.78 is 1.83. The Bertz CT molecular complexity index is 603. The zero-order chi connectivity index (χ0) is 13.2. The van der Waals surface area contributed by atoms with Gasteiger partial charge in [-0.2, -0.15) is 5.10 Å². The Morgan fingerprint density at radius 2 is 2.26 bits per heavy atom. The first-order chi connectivity index (χ1) is 9.25. The number of aryl methyl sites for hydroxylation is 2. The minimum atomic E-state index is 0.00410. The van der Waals surface area contributed by atoms with E-state index in [0.717, 1.165) is 29.9 Å². The molecule has 2 aromatic rings. The lowest BCUT2D eigenvalue weighted by Crippen LogP contribution is -2.15. The number of fused-ring (bicyclic) bond motifs is 1. The molecular formula is C15H17N3O. The van der Waals surface area contributed by atoms with Crippen molar-refractivity contribution >= 4 is 11.5 Å². The molecule has 98 valence electrons. The van der Waals surface area contributed by atoms with Gasteiger partial charge in [0.25, 0.3) is 0 Å². The largest absolute Gasteiger partial charge is 0.384 e. The van der Waals surface area contributed by atoms with Crippen LogP contribution in [0.2, 0.25) is 0 Å². The number of hydrogen-bond acceptors (Lipinski definition) is 3. The molecule has 1 unspecified atom stereocenters. The highest BCUT2D eigenvalue weighted by Gasteiger charge is 2.27. The molecule has 4 nitrogen and oxygen atoms in total. The Kier molecular flexibility index (Phi) is 3.07. The maximum atomic E-state index is 12.3. The molecule has 1 aromatic carbocycles. The number of hydrogen-bond donors (Lipinski definition) is 1. The minimum Gasteiger partial charge on any atom is -0.384 e. The Morgan fingerprint density at radius 1 is 1.42 bits per heavy atom. The number of ketones is 1. The summed E-state index contributed by atoms with van der Waals surface area (Å²) >= 11 is 0. The molecule has 1 atom stereocenters. The molecule has 0 radical (unpaired) electrons. The van der Waals surface area contributed by atoms with Gasteiger partial charge < -0.3 is 5.32 Å². The molecule has 0 spiro atoms. The lowest BCUT2D eigenvalue weighted by Gasteiger charge is -2.09. The van der Waals surface area contributed by atoms with Gasteiger partial charge in [-0.25, -0.2) is 0 Å². The number of aromatic nitrogens is 2. The van der Waals surface area contributed by atoms with Crippen LogP contribution in [-0.2, 0) is 18.3 Å². The van der Waals surface area contributed by atoms with Crippen LogP contribution >= 0.6 is 0 Å². The molecule has 1 aliphatic rings. The van der Waals surface area contributed by atoms with Crippen LogP contribution in [0.5, 0.6) is 0 Å². The summed E-state index contributed by atoms with van der Waals surface area (Å²) in [6, 6.07) is 10.0. The summed E-state index contributed by atoms with van der Waals surface area (Å²) in [5.41, 5.74) is 3.34. The van der Waals surface area contributed by atoms with Crippen molar-refractivity contribution in [1.82, 2.24) is 9.78 Å². The van der Waals surface area contributed by atoms with Crippen LogP contribution in [0.4, 0.5) is 5.69 Å². The van der Waals surface area contributed by atoms with Gasteiger partial charge in [-0.15, -0.1) is 0 Å². The first-order valence-corrected chi connectivity index (χ1v) is 6.58. The summed E-state index contributed by atoms with van der Waals surface area (Å²) in [6.45, 7) is 0.726. The number of benzene rings is 1. The molecule has 0 aliphatic carbocycles. The molecule has 19 heavy (non-hydrogen) atoms. The van der Waals surface area contributed by atoms with Crippen LogP contribution in [-0.4, -0.2) is 22.1 Å². The fraction of sp³-hybridized carbons (Fsp3) is 0.333. The topological polar surface area (TPSA) is 46.9 Å². The lowest BCUT2D eigenvalue weighted by atomic mass is 9.94. The number of carbonyl (C=O) groups excluding carboxylic acids is 1. The van der Waals surface area contributed by atoms with Gasteiger partial charge in [0.15, 0.2) is 0 Å². The van der Waals surface area contributed by atoms with Gasteiger partial charge in [-0.05, 0) is 24.1 Å². The van der Waals surface area contributed by atoms with Crippen molar-refractivity contribution in [2.75, 3.05) is 11.9 Å². The predicted octanol–water partition coefficient (Wildman–Crippen LogP) is 2.13. The van der Waals surface area contributed by atoms with Crippen molar-refractivity contribution in [3.05, 3.63) is 47.8 Å². The van der Waals surface area contributed by atoms with Crippen LogP contribution in [0, 0.1) is 0 Å². The molecular weight excluding hydrogens is 238 g/mol. The second kappa shape index (κ2) is 4.88. The van der Waals surface area contributed by atoms with E-state index in [1.807, 2.05) is 42.1 Å². The SMILES string of the molecule is Cn1nccc1CCC(=O)C1CNc2ccccc21. The van der Waals surface area contributed by atoms with Crippen LogP contribution in [0.15, 0.2) is 36.5 Å². The quantitative estimate of drug-likeness (QED) is 0.910. The standard InChI is InChI=1S/C15H17N3O/c1-18-11(8-9-17-18)6-7-15(19)13-10-16-14-5-3-2-4-12(13)14/h2-5,8-9,13,16H,6-7,10H2,1H3. The van der Waals surface area contributed by atoms with Crippen LogP contribution in [0.25, 0.3) is 0 Å². The average Bonchev–Trinajstić information content (AvgIpc) is 3.02. The van der Waals surface area contributed by atoms with E-state index in [1.165, 1.54) is 0 Å². The van der Waals surface area contributed by atoms with Crippen molar-refractivity contribution < 1.29 is 4.79 Å². The maximum absolute atomic E-state index is 12.3. The molecule has 4 heteroatoms. The lowest BCUT2D eigenvalue weighted by molar-refractivity contribution is -0.120. The Morgan fingerprint density at radius 3 is 3.05 bits per heavy atom. The monoisotopic (exact) mass is 255 g/mol. The Hall–Kier alpha value is -2.10. The van der Waals surface area contributed by atoms with E-state index in [1.54, 1.807) is 6.20 Å². The van der Waals surface area contributed by atoms with Crippen molar-refractivity contribution in [3.8, 4) is 0 Å². The number of nitrogens with zero attached hydrogens (tertiary/aromatic N) is 2. The first-order valence-electron chi connectivity index (χ1n) is 6.58. The fourth-order valence-corrected chi connectivity index (χ4v) is 2.64. The van der Waals surface area contributed by atoms with Crippen LogP contribution < -0.4 is 5.32 Å². The smallest absolute Gasteiger partial charge is 0.142 e. The van der Waals surface area contributed by atoms with Gasteiger partial charge in [0.2, 0.25) is 0 Å². The molecule has 1 N–H and O–H groups in total. The van der Waals surface area contributed by atoms with E-state index in [9.17, 15) is 4.79 Å². The second-order valence-corrected chi connectivity index (χ2v) is 4.93. The van der Waals surface area contributed by atoms with E-state index in [0.29, 0.717) is 12.2 Å². The highest BCUT2D eigenvalue weighted by atomic mass is 16.1. The molecule has 0 saturated carbocycles. The number of anilines is 1. The van der Waals surface area contributed by atoms with E-state index >= 15 is 0 Å². The van der Waals surface area contributed by atoms with Gasteiger partial charge in [0.1, 0.15) is 5.78 Å². The minimum absolute atomic E-state index is 0.00410. The third-order valence-electron chi connectivity index (χ3n) is 3.77. The second-order valence-electron chi connectivity index (χ2n) is 4.93. The van der Waals surface area contributed by atoms with Gasteiger partial charge >= 0.3 is 0 Å². The molecule has 0 fully saturated rings. The van der Waals surface area contributed by atoms with E-state index in [2.05, 4.69) is 10.4 Å². The average molecular weight is 255 g/mol. The molecule has 1 aromatic heterocycles. The molecule has 3 rings (SSSR count). The fourth-order valence-electron chi connectivity index (χ4n) is 2.64. The van der Waals surface area contributed by atoms with E-state index in [4.69, 9.17) is 0 Å². The highest BCUT2D eigenvalue weighted by Crippen LogP contribution is 2.32. The van der Waals surface area contributed by atoms with Crippen molar-refractivity contribution in [2.24, 2.45) is 7.05 Å². The molecule has 0 bridgehead atoms. The van der Waals surface area contributed by atoms with Crippen LogP contribution in [0.1, 0.15) is 23.6 Å². The maximum Gasteiger partial charge on any atom is 0.142 e. The zero-order valence-electron chi connectivity index (χ0n) is 11.0. The Labute approximate surface area is 112 Å². The van der Waals surface area contributed by atoms with E-state index in [-0.39, 0.29) is 5.92 Å². The van der Waals surface area contributed by atoms with Gasteiger partial charge in [0.05, 0.1) is 5.92 Å². The van der Waals surface area contributed by atoms with Crippen molar-refractivity contribution in [2.45, 2.75) is 18.8 Å². The summed E-state index contributed by atoms with van der Waals surface area (Å²) in [5, 5.41) is 7.42. The van der Waals surface area contributed by atoms with Gasteiger partial charge in [0, 0.05) is 37.6 Å². The summed E-state index contributed by atoms with van der Waals surface area (Å²) in [6.07, 6.45) is 3.10. The third-order valence-corrected chi connectivity index (χ3v) is 3.77. The number of Topliss-reactive ketones (excluding diaryl/α,β-unsaturated/α-hetero) is 1. The van der Waals surface area contributed by atoms with Crippen molar-refractivity contribution in [3.63, 3.8) is 0 Å². The number of carbonyl (C=O) groups is 1. The summed E-state index contributed by atoms with van der Waals surface area (Å²) in [5.74, 6) is 0.308. The first kappa shape index (κ1) is 12.0. The van der Waals surface area contributed by atoms with Gasteiger partial charge in [-0.3, -0.25) is 9.48 Å². The highest BCUT2D eigenvalue weighted by molar-refractivity contribution is 5.89. The van der Waals surface area contributed by atoms with Gasteiger partial charge in [-0.1, -0.05) is 18.2 Å². The third kappa shape index (κ3) is 2.26. The number of nitrogens with one attached hydrogen (secondary N) is 1. The zero-order valence-corrected chi connectivity index (χ0v) is 11.0. The number of para-hydroxylation sites is 1. The summed E-state index contributed by atoms with van der Waals surface area (Å²) in [7, 11) is 1.91. The van der Waals surface area contributed by atoms with Crippen molar-refractivity contribution in [1.29, 1.82) is 0 Å². The Balaban J connectivity index is 1.68.